The summed E-state index contributed by atoms with van der Waals surface area (Å²) >= 11 is 10.8. The normalized spacial score (nSPS) is 11.8. The maximum atomic E-state index is 9.24. The molecule has 0 radical (unpaired) electrons. The van der Waals surface area contributed by atoms with E-state index in [1.54, 1.807) is 12.1 Å². The smallest absolute Gasteiger partial charge is 0.103 e. The van der Waals surface area contributed by atoms with Gasteiger partial charge < -0.3 is 5.73 Å². The monoisotopic (exact) mass is 338 g/mol. The number of thiophene rings is 1. The molecular formula is C13H8BrClN2S. The van der Waals surface area contributed by atoms with Gasteiger partial charge in [-0.3, -0.25) is 0 Å². The van der Waals surface area contributed by atoms with Crippen molar-refractivity contribution in [2.45, 2.75) is 0 Å². The third-order valence-electron chi connectivity index (χ3n) is 2.32. The highest BCUT2D eigenvalue weighted by Crippen LogP contribution is 2.29. The SMILES string of the molecule is N#C/C(=C(/N)c1cc(Cl)cc(Br)c1)c1cccs1. The first-order valence-corrected chi connectivity index (χ1v) is 7.07. The lowest BCUT2D eigenvalue weighted by Crippen LogP contribution is -2.00. The van der Waals surface area contributed by atoms with Crippen molar-refractivity contribution >= 4 is 50.1 Å². The van der Waals surface area contributed by atoms with E-state index in [-0.39, 0.29) is 0 Å². The molecule has 18 heavy (non-hydrogen) atoms. The number of rotatable bonds is 2. The van der Waals surface area contributed by atoms with Crippen LogP contribution in [0.1, 0.15) is 10.4 Å². The van der Waals surface area contributed by atoms with Gasteiger partial charge in [-0.25, -0.2) is 0 Å². The molecule has 0 saturated heterocycles. The second kappa shape index (κ2) is 5.57. The van der Waals surface area contributed by atoms with E-state index in [0.717, 1.165) is 14.9 Å². The molecule has 0 spiro atoms. The molecule has 0 aliphatic heterocycles. The Morgan fingerprint density at radius 1 is 1.39 bits per heavy atom. The summed E-state index contributed by atoms with van der Waals surface area (Å²) in [7, 11) is 0. The number of halogens is 2. The van der Waals surface area contributed by atoms with Gasteiger partial charge in [0, 0.05) is 19.9 Å². The zero-order chi connectivity index (χ0) is 13.1. The van der Waals surface area contributed by atoms with Crippen molar-refractivity contribution in [3.63, 3.8) is 0 Å². The van der Waals surface area contributed by atoms with Gasteiger partial charge in [-0.1, -0.05) is 33.6 Å². The Morgan fingerprint density at radius 3 is 2.72 bits per heavy atom. The topological polar surface area (TPSA) is 49.8 Å². The lowest BCUT2D eigenvalue weighted by Gasteiger charge is -2.06. The molecule has 0 fully saturated rings. The molecule has 0 unspecified atom stereocenters. The van der Waals surface area contributed by atoms with Gasteiger partial charge in [-0.05, 0) is 29.6 Å². The average Bonchev–Trinajstić information content (AvgIpc) is 2.82. The van der Waals surface area contributed by atoms with Gasteiger partial charge in [0.15, 0.2) is 0 Å². The van der Waals surface area contributed by atoms with Gasteiger partial charge in [-0.2, -0.15) is 5.26 Å². The Kier molecular flexibility index (Phi) is 4.07. The summed E-state index contributed by atoms with van der Waals surface area (Å²) in [5.74, 6) is 0. The van der Waals surface area contributed by atoms with Gasteiger partial charge in [0.25, 0.3) is 0 Å². The third kappa shape index (κ3) is 2.75. The Labute approximate surface area is 122 Å². The second-order valence-electron chi connectivity index (χ2n) is 3.54. The number of nitriles is 1. The molecule has 2 aromatic rings. The zero-order valence-corrected chi connectivity index (χ0v) is 12.3. The Morgan fingerprint density at radius 2 is 2.17 bits per heavy atom. The predicted octanol–water partition coefficient (Wildman–Crippen LogP) is 4.51. The van der Waals surface area contributed by atoms with Crippen LogP contribution >= 0.6 is 38.9 Å². The number of allylic oxidation sites excluding steroid dienone is 1. The minimum absolute atomic E-state index is 0.433. The van der Waals surface area contributed by atoms with E-state index in [1.807, 2.05) is 23.6 Å². The van der Waals surface area contributed by atoms with Crippen LogP contribution in [0.3, 0.4) is 0 Å². The molecule has 90 valence electrons. The first-order chi connectivity index (χ1) is 8.61. The predicted molar refractivity (Wildman–Crippen MR) is 80.1 cm³/mol. The molecule has 2 rings (SSSR count). The van der Waals surface area contributed by atoms with Crippen LogP contribution in [0.2, 0.25) is 5.02 Å². The molecule has 0 amide bonds. The minimum Gasteiger partial charge on any atom is -0.397 e. The fraction of sp³-hybridized carbons (Fsp3) is 0. The fourth-order valence-corrected chi connectivity index (χ4v) is 3.12. The van der Waals surface area contributed by atoms with Crippen LogP contribution in [0, 0.1) is 11.3 Å². The van der Waals surface area contributed by atoms with Crippen LogP contribution in [0.15, 0.2) is 40.2 Å². The summed E-state index contributed by atoms with van der Waals surface area (Å²) in [6.07, 6.45) is 0. The van der Waals surface area contributed by atoms with Crippen molar-refractivity contribution in [1.82, 2.24) is 0 Å². The van der Waals surface area contributed by atoms with E-state index < -0.39 is 0 Å². The van der Waals surface area contributed by atoms with Crippen molar-refractivity contribution in [2.24, 2.45) is 5.73 Å². The standard InChI is InChI=1S/C13H8BrClN2S/c14-9-4-8(5-10(15)6-9)13(17)11(7-16)12-2-1-3-18-12/h1-6H,17H2/b13-11-. The Balaban J connectivity index is 2.58. The molecule has 2 nitrogen and oxygen atoms in total. The van der Waals surface area contributed by atoms with Crippen LogP contribution < -0.4 is 5.73 Å². The molecule has 2 N–H and O–H groups in total. The first kappa shape index (κ1) is 13.2. The maximum Gasteiger partial charge on any atom is 0.103 e. The molecule has 5 heteroatoms. The lowest BCUT2D eigenvalue weighted by molar-refractivity contribution is 1.48. The first-order valence-electron chi connectivity index (χ1n) is 5.02. The van der Waals surface area contributed by atoms with Gasteiger partial charge in [0.05, 0.1) is 11.3 Å². The maximum absolute atomic E-state index is 9.24. The van der Waals surface area contributed by atoms with Crippen LogP contribution in [-0.4, -0.2) is 0 Å². The highest BCUT2D eigenvalue weighted by molar-refractivity contribution is 9.10. The van der Waals surface area contributed by atoms with Crippen molar-refractivity contribution < 1.29 is 0 Å². The van der Waals surface area contributed by atoms with E-state index in [1.165, 1.54) is 11.3 Å². The van der Waals surface area contributed by atoms with Crippen molar-refractivity contribution in [2.75, 3.05) is 0 Å². The molecule has 0 aliphatic carbocycles. The third-order valence-corrected chi connectivity index (χ3v) is 3.89. The molecule has 0 bridgehead atoms. The summed E-state index contributed by atoms with van der Waals surface area (Å²) in [6.45, 7) is 0. The Hall–Kier alpha value is -1.28. The number of nitrogens with zero attached hydrogens (tertiary/aromatic N) is 1. The van der Waals surface area contributed by atoms with Gasteiger partial charge in [0.2, 0.25) is 0 Å². The Bertz CT molecular complexity index is 621. The van der Waals surface area contributed by atoms with E-state index in [2.05, 4.69) is 22.0 Å². The molecule has 1 aromatic heterocycles. The van der Waals surface area contributed by atoms with Crippen LogP contribution in [0.4, 0.5) is 0 Å². The molecule has 1 heterocycles. The number of hydrogen-bond acceptors (Lipinski definition) is 3. The molecule has 1 aromatic carbocycles. The summed E-state index contributed by atoms with van der Waals surface area (Å²) < 4.78 is 0.830. The van der Waals surface area contributed by atoms with Crippen LogP contribution in [0.25, 0.3) is 11.3 Å². The van der Waals surface area contributed by atoms with Gasteiger partial charge in [-0.15, -0.1) is 11.3 Å². The number of hydrogen-bond donors (Lipinski definition) is 1. The van der Waals surface area contributed by atoms with E-state index in [0.29, 0.717) is 16.3 Å². The van der Waals surface area contributed by atoms with Gasteiger partial charge in [0.1, 0.15) is 6.07 Å². The quantitative estimate of drug-likeness (QED) is 0.818. The molecular weight excluding hydrogens is 332 g/mol. The highest BCUT2D eigenvalue weighted by atomic mass is 79.9. The summed E-state index contributed by atoms with van der Waals surface area (Å²) in [4.78, 5) is 0.853. The second-order valence-corrected chi connectivity index (χ2v) is 5.84. The van der Waals surface area contributed by atoms with Crippen LogP contribution in [0.5, 0.6) is 0 Å². The van der Waals surface area contributed by atoms with Gasteiger partial charge >= 0.3 is 0 Å². The summed E-state index contributed by atoms with van der Waals surface area (Å²) in [5.41, 5.74) is 7.70. The zero-order valence-electron chi connectivity index (χ0n) is 9.15. The summed E-state index contributed by atoms with van der Waals surface area (Å²) in [6, 6.07) is 11.3. The van der Waals surface area contributed by atoms with Crippen LogP contribution in [-0.2, 0) is 0 Å². The van der Waals surface area contributed by atoms with E-state index >= 15 is 0 Å². The van der Waals surface area contributed by atoms with E-state index in [4.69, 9.17) is 17.3 Å². The average molecular weight is 340 g/mol. The number of nitrogens with two attached hydrogens (primary N) is 1. The van der Waals surface area contributed by atoms with Crippen molar-refractivity contribution in [1.29, 1.82) is 5.26 Å². The lowest BCUT2D eigenvalue weighted by atomic mass is 10.1. The highest BCUT2D eigenvalue weighted by Gasteiger charge is 2.10. The molecule has 0 saturated carbocycles. The molecule has 0 atom stereocenters. The van der Waals surface area contributed by atoms with E-state index in [9.17, 15) is 5.26 Å². The minimum atomic E-state index is 0.433. The summed E-state index contributed by atoms with van der Waals surface area (Å²) in [5, 5.41) is 11.7. The molecule has 0 aliphatic rings. The van der Waals surface area contributed by atoms with Crippen molar-refractivity contribution in [3.8, 4) is 6.07 Å². The fourth-order valence-electron chi connectivity index (χ4n) is 1.52. The largest absolute Gasteiger partial charge is 0.397 e. The van der Waals surface area contributed by atoms with Crippen molar-refractivity contribution in [3.05, 3.63) is 55.6 Å². The number of benzene rings is 1.